The quantitative estimate of drug-likeness (QED) is 0.250. The summed E-state index contributed by atoms with van der Waals surface area (Å²) in [5.74, 6) is -0.679. The molecule has 0 amide bonds. The number of halogens is 1. The molecule has 3 rings (SSSR count). The zero-order valence-corrected chi connectivity index (χ0v) is 21.0. The molecule has 0 aliphatic rings. The molecule has 0 aliphatic heterocycles. The molecule has 3 aromatic rings. The Morgan fingerprint density at radius 3 is 2.55 bits per heavy atom. The highest BCUT2D eigenvalue weighted by atomic mass is 35.5. The standard InChI is InChI=1S/C26H31ClN2O3S/c1-5-29-20-12-11-19(16(2)23(20)28)22(21-13-18(14-30)24(27)33-21)26(3,4)25(31)32-15-17-9-7-6-8-10-17/h6-13,22,29-30H,5,14-15,28H2,1-4H3. The highest BCUT2D eigenvalue weighted by molar-refractivity contribution is 7.16. The molecule has 0 bridgehead atoms. The van der Waals surface area contributed by atoms with Gasteiger partial charge in [-0.05, 0) is 56.5 Å². The van der Waals surface area contributed by atoms with Crippen LogP contribution < -0.4 is 11.1 Å². The molecule has 0 aliphatic carbocycles. The van der Waals surface area contributed by atoms with Gasteiger partial charge in [0.25, 0.3) is 0 Å². The number of nitrogens with two attached hydrogens (primary N) is 1. The van der Waals surface area contributed by atoms with Crippen molar-refractivity contribution < 1.29 is 14.6 Å². The highest BCUT2D eigenvalue weighted by Crippen LogP contribution is 2.48. The Bertz CT molecular complexity index is 1110. The summed E-state index contributed by atoms with van der Waals surface area (Å²) in [4.78, 5) is 14.3. The Morgan fingerprint density at radius 1 is 1.24 bits per heavy atom. The molecule has 0 saturated carbocycles. The molecule has 7 heteroatoms. The van der Waals surface area contributed by atoms with Crippen LogP contribution in [-0.2, 0) is 22.7 Å². The third-order valence-electron chi connectivity index (χ3n) is 5.93. The van der Waals surface area contributed by atoms with Crippen molar-refractivity contribution in [2.75, 3.05) is 17.6 Å². The predicted molar refractivity (Wildman–Crippen MR) is 137 cm³/mol. The minimum Gasteiger partial charge on any atom is -0.460 e. The molecule has 176 valence electrons. The summed E-state index contributed by atoms with van der Waals surface area (Å²) in [6, 6.07) is 15.4. The minimum absolute atomic E-state index is 0.165. The number of carbonyl (C=O) groups is 1. The largest absolute Gasteiger partial charge is 0.460 e. The second-order valence-corrected chi connectivity index (χ2v) is 10.3. The van der Waals surface area contributed by atoms with Gasteiger partial charge in [0.05, 0.1) is 27.7 Å². The normalized spacial score (nSPS) is 12.4. The van der Waals surface area contributed by atoms with Crippen LogP contribution in [0, 0.1) is 12.3 Å². The summed E-state index contributed by atoms with van der Waals surface area (Å²) in [5.41, 5.74) is 10.4. The van der Waals surface area contributed by atoms with E-state index in [1.165, 1.54) is 11.3 Å². The van der Waals surface area contributed by atoms with E-state index in [-0.39, 0.29) is 25.1 Å². The van der Waals surface area contributed by atoms with E-state index in [1.807, 2.05) is 76.2 Å². The third-order valence-corrected chi connectivity index (χ3v) is 7.43. The number of carbonyl (C=O) groups excluding carboxylic acids is 1. The summed E-state index contributed by atoms with van der Waals surface area (Å²) in [6.07, 6.45) is 0. The maximum Gasteiger partial charge on any atom is 0.312 e. The van der Waals surface area contributed by atoms with E-state index in [4.69, 9.17) is 22.1 Å². The van der Waals surface area contributed by atoms with Gasteiger partial charge in [0.15, 0.2) is 0 Å². The molecule has 0 radical (unpaired) electrons. The fraction of sp³-hybridized carbons (Fsp3) is 0.346. The van der Waals surface area contributed by atoms with Gasteiger partial charge < -0.3 is 20.9 Å². The molecule has 1 heterocycles. The third kappa shape index (κ3) is 5.35. The van der Waals surface area contributed by atoms with Crippen molar-refractivity contribution in [1.82, 2.24) is 0 Å². The van der Waals surface area contributed by atoms with E-state index in [0.29, 0.717) is 15.6 Å². The molecule has 33 heavy (non-hydrogen) atoms. The van der Waals surface area contributed by atoms with Crippen LogP contribution in [0.2, 0.25) is 4.34 Å². The van der Waals surface area contributed by atoms with E-state index in [1.54, 1.807) is 0 Å². The van der Waals surface area contributed by atoms with Crippen molar-refractivity contribution in [1.29, 1.82) is 0 Å². The first-order valence-electron chi connectivity index (χ1n) is 10.9. The van der Waals surface area contributed by atoms with Gasteiger partial charge in [-0.2, -0.15) is 0 Å². The predicted octanol–water partition coefficient (Wildman–Crippen LogP) is 6.12. The van der Waals surface area contributed by atoms with Crippen molar-refractivity contribution in [2.45, 2.75) is 46.8 Å². The monoisotopic (exact) mass is 486 g/mol. The van der Waals surface area contributed by atoms with Gasteiger partial charge >= 0.3 is 5.97 Å². The molecule has 0 saturated heterocycles. The molecular formula is C26H31ClN2O3S. The number of ether oxygens (including phenoxy) is 1. The first-order chi connectivity index (χ1) is 15.7. The summed E-state index contributed by atoms with van der Waals surface area (Å²) in [6.45, 7) is 8.53. The van der Waals surface area contributed by atoms with Crippen LogP contribution in [0.15, 0.2) is 48.5 Å². The molecule has 2 aromatic carbocycles. The number of rotatable bonds is 9. The van der Waals surface area contributed by atoms with E-state index in [0.717, 1.165) is 33.8 Å². The number of aliphatic hydroxyl groups excluding tert-OH is 1. The second kappa shape index (κ2) is 10.6. The summed E-state index contributed by atoms with van der Waals surface area (Å²) >= 11 is 7.76. The molecule has 5 nitrogen and oxygen atoms in total. The summed E-state index contributed by atoms with van der Waals surface area (Å²) in [7, 11) is 0. The number of thiophene rings is 1. The molecule has 1 aromatic heterocycles. The Kier molecular flexibility index (Phi) is 8.05. The number of hydrogen-bond acceptors (Lipinski definition) is 6. The highest BCUT2D eigenvalue weighted by Gasteiger charge is 2.42. The lowest BCUT2D eigenvalue weighted by atomic mass is 9.72. The Morgan fingerprint density at radius 2 is 1.94 bits per heavy atom. The lowest BCUT2D eigenvalue weighted by molar-refractivity contribution is -0.156. The molecule has 4 N–H and O–H groups in total. The first-order valence-corrected chi connectivity index (χ1v) is 12.1. The molecule has 0 spiro atoms. The lowest BCUT2D eigenvalue weighted by Crippen LogP contribution is -2.34. The van der Waals surface area contributed by atoms with Crippen molar-refractivity contribution in [3.05, 3.63) is 80.0 Å². The maximum absolute atomic E-state index is 13.4. The maximum atomic E-state index is 13.4. The van der Waals surface area contributed by atoms with Gasteiger partial charge in [-0.25, -0.2) is 0 Å². The first kappa shape index (κ1) is 25.1. The summed E-state index contributed by atoms with van der Waals surface area (Å²) < 4.78 is 6.27. The summed E-state index contributed by atoms with van der Waals surface area (Å²) in [5, 5.41) is 13.0. The molecule has 1 unspecified atom stereocenters. The number of nitrogens with one attached hydrogen (secondary N) is 1. The van der Waals surface area contributed by atoms with E-state index in [9.17, 15) is 9.90 Å². The average molecular weight is 487 g/mol. The number of aliphatic hydroxyl groups is 1. The number of anilines is 2. The van der Waals surface area contributed by atoms with Gasteiger partial charge in [-0.1, -0.05) is 48.0 Å². The lowest BCUT2D eigenvalue weighted by Gasteiger charge is -2.33. The van der Waals surface area contributed by atoms with Crippen molar-refractivity contribution in [3.8, 4) is 0 Å². The Hall–Kier alpha value is -2.54. The van der Waals surface area contributed by atoms with E-state index in [2.05, 4.69) is 5.32 Å². The smallest absolute Gasteiger partial charge is 0.312 e. The Balaban J connectivity index is 2.04. The van der Waals surface area contributed by atoms with Crippen LogP contribution in [0.3, 0.4) is 0 Å². The number of hydrogen-bond donors (Lipinski definition) is 3. The van der Waals surface area contributed by atoms with Crippen LogP contribution in [-0.4, -0.2) is 17.6 Å². The number of esters is 1. The second-order valence-electron chi connectivity index (χ2n) is 8.59. The van der Waals surface area contributed by atoms with Gasteiger partial charge in [0.2, 0.25) is 0 Å². The SMILES string of the molecule is CCNc1ccc(C(c2cc(CO)c(Cl)s2)C(C)(C)C(=O)OCc2ccccc2)c(C)c1N. The van der Waals surface area contributed by atoms with Gasteiger partial charge in [-0.15, -0.1) is 11.3 Å². The van der Waals surface area contributed by atoms with Crippen LogP contribution in [0.5, 0.6) is 0 Å². The zero-order chi connectivity index (χ0) is 24.2. The zero-order valence-electron chi connectivity index (χ0n) is 19.4. The van der Waals surface area contributed by atoms with Gasteiger partial charge in [0.1, 0.15) is 6.61 Å². The van der Waals surface area contributed by atoms with Crippen molar-refractivity contribution in [3.63, 3.8) is 0 Å². The van der Waals surface area contributed by atoms with Crippen LogP contribution in [0.4, 0.5) is 11.4 Å². The van der Waals surface area contributed by atoms with Crippen molar-refractivity contribution >= 4 is 40.3 Å². The van der Waals surface area contributed by atoms with Crippen molar-refractivity contribution in [2.24, 2.45) is 5.41 Å². The van der Waals surface area contributed by atoms with E-state index < -0.39 is 5.41 Å². The van der Waals surface area contributed by atoms with E-state index >= 15 is 0 Å². The molecule has 0 fully saturated rings. The van der Waals surface area contributed by atoms with Crippen LogP contribution in [0.1, 0.15) is 53.8 Å². The van der Waals surface area contributed by atoms with Gasteiger partial charge in [0, 0.05) is 22.9 Å². The molecule has 1 atom stereocenters. The average Bonchev–Trinajstić information content (AvgIpc) is 3.17. The fourth-order valence-corrected chi connectivity index (χ4v) is 5.59. The van der Waals surface area contributed by atoms with Gasteiger partial charge in [-0.3, -0.25) is 4.79 Å². The fourth-order valence-electron chi connectivity index (χ4n) is 4.00. The van der Waals surface area contributed by atoms with Crippen LogP contribution >= 0.6 is 22.9 Å². The number of benzene rings is 2. The van der Waals surface area contributed by atoms with Crippen LogP contribution in [0.25, 0.3) is 0 Å². The molecular weight excluding hydrogens is 456 g/mol. The number of nitrogen functional groups attached to an aromatic ring is 1. The topological polar surface area (TPSA) is 84.6 Å². The minimum atomic E-state index is -0.924. The Labute approximate surface area is 204 Å².